The van der Waals surface area contributed by atoms with Gasteiger partial charge < -0.3 is 4.90 Å². The number of hydrogen-bond acceptors (Lipinski definition) is 2. The number of anilines is 1. The highest BCUT2D eigenvalue weighted by molar-refractivity contribution is 7.80. The van der Waals surface area contributed by atoms with E-state index in [4.69, 9.17) is 0 Å². The highest BCUT2D eigenvalue weighted by atomic mass is 32.1. The average molecular weight is 263 g/mol. The number of benzene rings is 1. The molecular weight excluding hydrogens is 242 g/mol. The first-order valence-electron chi connectivity index (χ1n) is 6.66. The number of nitrogens with zero attached hydrogens (tertiary/aromatic N) is 1. The van der Waals surface area contributed by atoms with Crippen molar-refractivity contribution in [2.45, 2.75) is 32.6 Å². The molecule has 0 aromatic heterocycles. The summed E-state index contributed by atoms with van der Waals surface area (Å²) in [6.07, 6.45) is 1.78. The molecule has 1 saturated heterocycles. The lowest BCUT2D eigenvalue weighted by Gasteiger charge is -2.18. The van der Waals surface area contributed by atoms with Crippen molar-refractivity contribution >= 4 is 24.2 Å². The van der Waals surface area contributed by atoms with E-state index in [9.17, 15) is 4.79 Å². The Bertz CT molecular complexity index is 415. The van der Waals surface area contributed by atoms with Crippen molar-refractivity contribution in [1.29, 1.82) is 0 Å². The predicted octanol–water partition coefficient (Wildman–Crippen LogP) is 3.48. The average Bonchev–Trinajstić information content (AvgIpc) is 2.79. The van der Waals surface area contributed by atoms with E-state index < -0.39 is 0 Å². The minimum atomic E-state index is 0.227. The summed E-state index contributed by atoms with van der Waals surface area (Å²) in [5, 5.41) is 0. The van der Waals surface area contributed by atoms with Crippen molar-refractivity contribution < 1.29 is 4.79 Å². The standard InChI is InChI=1S/C15H21NOS/c1-3-11(2)13-4-6-14(7-5-13)16-9-12(10-18)8-15(16)17/h4-7,11-12,18H,3,8-10H2,1-2H3. The molecule has 1 aromatic rings. The van der Waals surface area contributed by atoms with Gasteiger partial charge in [0.05, 0.1) is 0 Å². The zero-order chi connectivity index (χ0) is 13.1. The third-order valence-corrected chi connectivity index (χ3v) is 4.37. The van der Waals surface area contributed by atoms with E-state index in [-0.39, 0.29) is 5.91 Å². The van der Waals surface area contributed by atoms with Crippen LogP contribution in [0, 0.1) is 5.92 Å². The van der Waals surface area contributed by atoms with Gasteiger partial charge in [0, 0.05) is 18.7 Å². The van der Waals surface area contributed by atoms with Crippen molar-refractivity contribution in [2.24, 2.45) is 5.92 Å². The first kappa shape index (κ1) is 13.5. The Morgan fingerprint density at radius 3 is 2.56 bits per heavy atom. The Labute approximate surface area is 115 Å². The van der Waals surface area contributed by atoms with Gasteiger partial charge >= 0.3 is 0 Å². The van der Waals surface area contributed by atoms with Gasteiger partial charge in [-0.15, -0.1) is 0 Å². The molecule has 98 valence electrons. The van der Waals surface area contributed by atoms with Crippen LogP contribution in [0.5, 0.6) is 0 Å². The van der Waals surface area contributed by atoms with Crippen molar-refractivity contribution in [1.82, 2.24) is 0 Å². The number of carbonyl (C=O) groups excluding carboxylic acids is 1. The van der Waals surface area contributed by atoms with Gasteiger partial charge in [-0.2, -0.15) is 12.6 Å². The van der Waals surface area contributed by atoms with Crippen LogP contribution in [0.15, 0.2) is 24.3 Å². The van der Waals surface area contributed by atoms with Gasteiger partial charge in [-0.25, -0.2) is 0 Å². The van der Waals surface area contributed by atoms with Gasteiger partial charge in [0.25, 0.3) is 0 Å². The third kappa shape index (κ3) is 2.72. The van der Waals surface area contributed by atoms with Crippen LogP contribution >= 0.6 is 12.6 Å². The summed E-state index contributed by atoms with van der Waals surface area (Å²) in [6, 6.07) is 8.43. The number of carbonyl (C=O) groups is 1. The normalized spacial score (nSPS) is 21.4. The van der Waals surface area contributed by atoms with Crippen LogP contribution in [0.3, 0.4) is 0 Å². The molecular formula is C15H21NOS. The van der Waals surface area contributed by atoms with Crippen LogP contribution in [-0.2, 0) is 4.79 Å². The molecule has 1 fully saturated rings. The van der Waals surface area contributed by atoms with Gasteiger partial charge in [0.2, 0.25) is 5.91 Å². The molecule has 0 radical (unpaired) electrons. The van der Waals surface area contributed by atoms with Crippen LogP contribution < -0.4 is 4.90 Å². The summed E-state index contributed by atoms with van der Waals surface area (Å²) >= 11 is 4.29. The molecule has 1 amide bonds. The zero-order valence-electron chi connectivity index (χ0n) is 11.1. The Morgan fingerprint density at radius 1 is 1.39 bits per heavy atom. The number of hydrogen-bond donors (Lipinski definition) is 1. The van der Waals surface area contributed by atoms with Gasteiger partial charge in [0.1, 0.15) is 0 Å². The summed E-state index contributed by atoms with van der Waals surface area (Å²) in [7, 11) is 0. The zero-order valence-corrected chi connectivity index (χ0v) is 12.0. The van der Waals surface area contributed by atoms with E-state index in [1.807, 2.05) is 4.90 Å². The maximum atomic E-state index is 11.9. The lowest BCUT2D eigenvalue weighted by Crippen LogP contribution is -2.24. The number of rotatable bonds is 4. The molecule has 2 nitrogen and oxygen atoms in total. The van der Waals surface area contributed by atoms with Crippen molar-refractivity contribution in [3.63, 3.8) is 0 Å². The van der Waals surface area contributed by atoms with E-state index in [2.05, 4.69) is 50.7 Å². The van der Waals surface area contributed by atoms with E-state index in [1.165, 1.54) is 5.56 Å². The topological polar surface area (TPSA) is 20.3 Å². The smallest absolute Gasteiger partial charge is 0.227 e. The Kier molecular flexibility index (Phi) is 4.33. The van der Waals surface area contributed by atoms with E-state index >= 15 is 0 Å². The fourth-order valence-electron chi connectivity index (χ4n) is 2.37. The first-order chi connectivity index (χ1) is 8.65. The minimum absolute atomic E-state index is 0.227. The predicted molar refractivity (Wildman–Crippen MR) is 79.5 cm³/mol. The molecule has 18 heavy (non-hydrogen) atoms. The highest BCUT2D eigenvalue weighted by Crippen LogP contribution is 2.27. The molecule has 0 N–H and O–H groups in total. The second-order valence-corrected chi connectivity index (χ2v) is 5.52. The quantitative estimate of drug-likeness (QED) is 0.825. The maximum absolute atomic E-state index is 11.9. The van der Waals surface area contributed by atoms with Crippen LogP contribution in [-0.4, -0.2) is 18.2 Å². The van der Waals surface area contributed by atoms with Crippen molar-refractivity contribution in [3.8, 4) is 0 Å². The second kappa shape index (κ2) is 5.79. The van der Waals surface area contributed by atoms with Gasteiger partial charge in [-0.05, 0) is 41.7 Å². The molecule has 1 heterocycles. The van der Waals surface area contributed by atoms with Crippen LogP contribution in [0.1, 0.15) is 38.2 Å². The van der Waals surface area contributed by atoms with Crippen LogP contribution in [0.2, 0.25) is 0 Å². The Balaban J connectivity index is 2.12. The largest absolute Gasteiger partial charge is 0.312 e. The maximum Gasteiger partial charge on any atom is 0.227 e. The molecule has 0 bridgehead atoms. The summed E-state index contributed by atoms with van der Waals surface area (Å²) in [5.74, 6) is 1.99. The van der Waals surface area contributed by atoms with Crippen molar-refractivity contribution in [2.75, 3.05) is 17.2 Å². The number of amides is 1. The van der Waals surface area contributed by atoms with Crippen LogP contribution in [0.4, 0.5) is 5.69 Å². The summed E-state index contributed by atoms with van der Waals surface area (Å²) in [6.45, 7) is 5.23. The van der Waals surface area contributed by atoms with E-state index in [0.29, 0.717) is 18.3 Å². The fourth-order valence-corrected chi connectivity index (χ4v) is 2.62. The molecule has 2 unspecified atom stereocenters. The van der Waals surface area contributed by atoms with Gasteiger partial charge in [-0.1, -0.05) is 26.0 Å². The SMILES string of the molecule is CCC(C)c1ccc(N2CC(CS)CC2=O)cc1. The molecule has 1 aromatic carbocycles. The lowest BCUT2D eigenvalue weighted by atomic mass is 9.98. The monoisotopic (exact) mass is 263 g/mol. The molecule has 2 rings (SSSR count). The Hall–Kier alpha value is -0.960. The van der Waals surface area contributed by atoms with E-state index in [1.54, 1.807) is 0 Å². The molecule has 3 heteroatoms. The van der Waals surface area contributed by atoms with Crippen molar-refractivity contribution in [3.05, 3.63) is 29.8 Å². The second-order valence-electron chi connectivity index (χ2n) is 5.16. The van der Waals surface area contributed by atoms with Crippen LogP contribution in [0.25, 0.3) is 0 Å². The minimum Gasteiger partial charge on any atom is -0.312 e. The van der Waals surface area contributed by atoms with E-state index in [0.717, 1.165) is 24.4 Å². The molecule has 1 aliphatic heterocycles. The highest BCUT2D eigenvalue weighted by Gasteiger charge is 2.29. The molecule has 0 aliphatic carbocycles. The molecule has 0 saturated carbocycles. The Morgan fingerprint density at radius 2 is 2.06 bits per heavy atom. The number of thiol groups is 1. The summed E-state index contributed by atoms with van der Waals surface area (Å²) < 4.78 is 0. The summed E-state index contributed by atoms with van der Waals surface area (Å²) in [5.41, 5.74) is 2.37. The summed E-state index contributed by atoms with van der Waals surface area (Å²) in [4.78, 5) is 13.8. The lowest BCUT2D eigenvalue weighted by molar-refractivity contribution is -0.117. The third-order valence-electron chi connectivity index (χ3n) is 3.85. The molecule has 2 atom stereocenters. The molecule has 1 aliphatic rings. The fraction of sp³-hybridized carbons (Fsp3) is 0.533. The first-order valence-corrected chi connectivity index (χ1v) is 7.30. The molecule has 0 spiro atoms. The van der Waals surface area contributed by atoms with Gasteiger partial charge in [0.15, 0.2) is 0 Å². The van der Waals surface area contributed by atoms with Gasteiger partial charge in [-0.3, -0.25) is 4.79 Å².